The molecule has 0 spiro atoms. The van der Waals surface area contributed by atoms with E-state index in [1.54, 1.807) is 20.8 Å². The van der Waals surface area contributed by atoms with Crippen LogP contribution in [0, 0.1) is 5.92 Å². The summed E-state index contributed by atoms with van der Waals surface area (Å²) in [6.45, 7) is 15.4. The highest BCUT2D eigenvalue weighted by Gasteiger charge is 2.43. The van der Waals surface area contributed by atoms with Gasteiger partial charge in [0.2, 0.25) is 0 Å². The quantitative estimate of drug-likeness (QED) is 0.745. The summed E-state index contributed by atoms with van der Waals surface area (Å²) < 4.78 is 11.1. The average molecular weight is 311 g/mol. The third-order valence-corrected chi connectivity index (χ3v) is 3.74. The Morgan fingerprint density at radius 3 is 2.55 bits per heavy atom. The normalized spacial score (nSPS) is 24.1. The van der Waals surface area contributed by atoms with Gasteiger partial charge in [-0.15, -0.1) is 6.58 Å². The van der Waals surface area contributed by atoms with Gasteiger partial charge in [0.25, 0.3) is 5.91 Å². The van der Waals surface area contributed by atoms with E-state index in [0.717, 1.165) is 12.0 Å². The number of nitrogens with zero attached hydrogens (tertiary/aromatic N) is 1. The van der Waals surface area contributed by atoms with Crippen molar-refractivity contribution in [3.8, 4) is 0 Å². The van der Waals surface area contributed by atoms with Crippen molar-refractivity contribution in [2.45, 2.75) is 72.1 Å². The molecule has 1 aliphatic heterocycles. The summed E-state index contributed by atoms with van der Waals surface area (Å²) in [6.07, 6.45) is 0.0417. The Morgan fingerprint density at radius 1 is 1.50 bits per heavy atom. The zero-order valence-electron chi connectivity index (χ0n) is 14.6. The van der Waals surface area contributed by atoms with Gasteiger partial charge in [-0.3, -0.25) is 4.79 Å². The van der Waals surface area contributed by atoms with Crippen LogP contribution in [0.4, 0.5) is 4.79 Å². The Balaban J connectivity index is 3.01. The third kappa shape index (κ3) is 4.83. The minimum absolute atomic E-state index is 0.155. The number of amides is 2. The molecule has 5 nitrogen and oxygen atoms in total. The predicted molar refractivity (Wildman–Crippen MR) is 85.5 cm³/mol. The number of carbonyl (C=O) groups excluding carboxylic acids is 2. The van der Waals surface area contributed by atoms with Gasteiger partial charge in [0.15, 0.2) is 0 Å². The van der Waals surface area contributed by atoms with Crippen molar-refractivity contribution in [2.75, 3.05) is 6.61 Å². The first-order valence-corrected chi connectivity index (χ1v) is 7.88. The second-order valence-electron chi connectivity index (χ2n) is 7.12. The van der Waals surface area contributed by atoms with Gasteiger partial charge in [-0.1, -0.05) is 25.8 Å². The number of carbonyl (C=O) groups is 2. The second kappa shape index (κ2) is 7.27. The molecule has 1 fully saturated rings. The van der Waals surface area contributed by atoms with Crippen molar-refractivity contribution < 1.29 is 19.1 Å². The minimum Gasteiger partial charge on any atom is -0.443 e. The molecule has 0 unspecified atom stereocenters. The molecule has 0 aromatic rings. The molecule has 2 amide bonds. The fourth-order valence-corrected chi connectivity index (χ4v) is 2.37. The van der Waals surface area contributed by atoms with Crippen LogP contribution in [0.1, 0.15) is 54.4 Å². The predicted octanol–water partition coefficient (Wildman–Crippen LogP) is 3.53. The molecular weight excluding hydrogens is 282 g/mol. The molecule has 1 saturated heterocycles. The van der Waals surface area contributed by atoms with E-state index in [9.17, 15) is 9.59 Å². The number of rotatable bonds is 4. The summed E-state index contributed by atoms with van der Waals surface area (Å²) in [7, 11) is 0. The van der Waals surface area contributed by atoms with E-state index in [2.05, 4.69) is 6.58 Å². The largest absolute Gasteiger partial charge is 0.443 e. The van der Waals surface area contributed by atoms with Crippen LogP contribution in [0.2, 0.25) is 0 Å². The molecular formula is C17H29NO4. The zero-order valence-corrected chi connectivity index (χ0v) is 14.6. The highest BCUT2D eigenvalue weighted by Crippen LogP contribution is 2.26. The molecule has 0 N–H and O–H groups in total. The molecule has 0 aromatic heterocycles. The van der Waals surface area contributed by atoms with E-state index in [0.29, 0.717) is 13.0 Å². The van der Waals surface area contributed by atoms with Crippen molar-refractivity contribution in [1.29, 1.82) is 0 Å². The third-order valence-electron chi connectivity index (χ3n) is 3.74. The Morgan fingerprint density at radius 2 is 2.09 bits per heavy atom. The SMILES string of the molecule is C=C(C)C[C@@H]1OC[C@H]([C@@H](C)CC)N(C(=O)OC(C)(C)C)C1=O. The second-order valence-corrected chi connectivity index (χ2v) is 7.12. The van der Waals surface area contributed by atoms with Crippen LogP contribution in [0.15, 0.2) is 12.2 Å². The summed E-state index contributed by atoms with van der Waals surface area (Å²) in [6, 6.07) is -0.284. The topological polar surface area (TPSA) is 55.8 Å². The van der Waals surface area contributed by atoms with E-state index in [1.807, 2.05) is 20.8 Å². The fraction of sp³-hybridized carbons (Fsp3) is 0.765. The van der Waals surface area contributed by atoms with Crippen molar-refractivity contribution in [3.05, 3.63) is 12.2 Å². The lowest BCUT2D eigenvalue weighted by Crippen LogP contribution is -2.59. The van der Waals surface area contributed by atoms with Gasteiger partial charge in [0.1, 0.15) is 11.7 Å². The van der Waals surface area contributed by atoms with Crippen LogP contribution in [-0.2, 0) is 14.3 Å². The zero-order chi connectivity index (χ0) is 17.1. The lowest BCUT2D eigenvalue weighted by Gasteiger charge is -2.40. The summed E-state index contributed by atoms with van der Waals surface area (Å²) >= 11 is 0. The van der Waals surface area contributed by atoms with E-state index in [-0.39, 0.29) is 17.9 Å². The van der Waals surface area contributed by atoms with Crippen LogP contribution in [0.5, 0.6) is 0 Å². The molecule has 22 heavy (non-hydrogen) atoms. The molecule has 1 heterocycles. The van der Waals surface area contributed by atoms with Crippen LogP contribution in [-0.4, -0.2) is 41.3 Å². The van der Waals surface area contributed by atoms with Crippen molar-refractivity contribution in [3.63, 3.8) is 0 Å². The van der Waals surface area contributed by atoms with Gasteiger partial charge in [-0.2, -0.15) is 0 Å². The Bertz CT molecular complexity index is 438. The number of morpholine rings is 1. The maximum atomic E-state index is 12.7. The van der Waals surface area contributed by atoms with Crippen molar-refractivity contribution in [1.82, 2.24) is 4.90 Å². The molecule has 0 aromatic carbocycles. The summed E-state index contributed by atoms with van der Waals surface area (Å²) in [5, 5.41) is 0. The summed E-state index contributed by atoms with van der Waals surface area (Å²) in [5.74, 6) is -0.170. The lowest BCUT2D eigenvalue weighted by molar-refractivity contribution is -0.159. The first-order valence-electron chi connectivity index (χ1n) is 7.88. The molecule has 126 valence electrons. The Kier molecular flexibility index (Phi) is 6.17. The molecule has 0 bridgehead atoms. The first-order chi connectivity index (χ1) is 10.1. The van der Waals surface area contributed by atoms with Crippen LogP contribution in [0.3, 0.4) is 0 Å². The van der Waals surface area contributed by atoms with E-state index in [4.69, 9.17) is 9.47 Å². The van der Waals surface area contributed by atoms with Gasteiger partial charge in [0.05, 0.1) is 12.6 Å². The number of ether oxygens (including phenoxy) is 2. The average Bonchev–Trinajstić information content (AvgIpc) is 2.37. The molecule has 0 radical (unpaired) electrons. The number of hydrogen-bond acceptors (Lipinski definition) is 4. The summed E-state index contributed by atoms with van der Waals surface area (Å²) in [4.78, 5) is 26.4. The number of imide groups is 1. The number of hydrogen-bond donors (Lipinski definition) is 0. The fourth-order valence-electron chi connectivity index (χ4n) is 2.37. The Hall–Kier alpha value is -1.36. The lowest BCUT2D eigenvalue weighted by atomic mass is 9.95. The van der Waals surface area contributed by atoms with Gasteiger partial charge >= 0.3 is 6.09 Å². The van der Waals surface area contributed by atoms with E-state index < -0.39 is 17.8 Å². The van der Waals surface area contributed by atoms with Gasteiger partial charge in [0, 0.05) is 6.42 Å². The highest BCUT2D eigenvalue weighted by molar-refractivity contribution is 5.95. The molecule has 0 aliphatic carbocycles. The maximum absolute atomic E-state index is 12.7. The minimum atomic E-state index is -0.648. The molecule has 0 saturated carbocycles. The molecule has 3 atom stereocenters. The van der Waals surface area contributed by atoms with Gasteiger partial charge < -0.3 is 9.47 Å². The van der Waals surface area contributed by atoms with E-state index >= 15 is 0 Å². The van der Waals surface area contributed by atoms with Crippen molar-refractivity contribution >= 4 is 12.0 Å². The Labute approximate surface area is 133 Å². The van der Waals surface area contributed by atoms with Gasteiger partial charge in [-0.05, 0) is 33.6 Å². The molecule has 5 heteroatoms. The molecule has 1 aliphatic rings. The maximum Gasteiger partial charge on any atom is 0.417 e. The van der Waals surface area contributed by atoms with Gasteiger partial charge in [-0.25, -0.2) is 9.69 Å². The first kappa shape index (κ1) is 18.7. The monoisotopic (exact) mass is 311 g/mol. The van der Waals surface area contributed by atoms with Crippen molar-refractivity contribution in [2.24, 2.45) is 5.92 Å². The standard InChI is InChI=1S/C17H29NO4/c1-8-12(4)13-10-21-14(9-11(2)3)15(19)18(13)16(20)22-17(5,6)7/h12-14H,2,8-10H2,1,3-7H3/t12-,13+,14-/m0/s1. The van der Waals surface area contributed by atoms with Crippen LogP contribution in [0.25, 0.3) is 0 Å². The molecule has 1 rings (SSSR count). The van der Waals surface area contributed by atoms with E-state index in [1.165, 1.54) is 4.90 Å². The smallest absolute Gasteiger partial charge is 0.417 e. The highest BCUT2D eigenvalue weighted by atomic mass is 16.6. The van der Waals surface area contributed by atoms with Crippen LogP contribution >= 0.6 is 0 Å². The van der Waals surface area contributed by atoms with Crippen LogP contribution < -0.4 is 0 Å². The summed E-state index contributed by atoms with van der Waals surface area (Å²) in [5.41, 5.74) is 0.212.